The maximum atomic E-state index is 12.1. The van der Waals surface area contributed by atoms with Crippen molar-refractivity contribution in [1.82, 2.24) is 4.72 Å². The molecule has 1 N–H and O–H groups in total. The van der Waals surface area contributed by atoms with Gasteiger partial charge in [-0.3, -0.25) is 0 Å². The molecule has 2 bridgehead atoms. The highest BCUT2D eigenvalue weighted by Crippen LogP contribution is 2.43. The summed E-state index contributed by atoms with van der Waals surface area (Å²) in [5, 5.41) is 0.501. The van der Waals surface area contributed by atoms with E-state index in [-0.39, 0.29) is 5.75 Å². The molecule has 3 nitrogen and oxygen atoms in total. The third-order valence-electron chi connectivity index (χ3n) is 4.29. The van der Waals surface area contributed by atoms with Gasteiger partial charge in [-0.25, -0.2) is 13.1 Å². The van der Waals surface area contributed by atoms with E-state index in [1.807, 2.05) is 0 Å². The van der Waals surface area contributed by atoms with E-state index < -0.39 is 10.0 Å². The summed E-state index contributed by atoms with van der Waals surface area (Å²) in [7, 11) is -3.32. The Morgan fingerprint density at radius 2 is 2.00 bits per heavy atom. The van der Waals surface area contributed by atoms with E-state index in [1.165, 1.54) is 6.42 Å². The van der Waals surface area contributed by atoms with Crippen LogP contribution in [0.4, 0.5) is 0 Å². The van der Waals surface area contributed by atoms with E-state index in [0.29, 0.717) is 34.9 Å². The topological polar surface area (TPSA) is 46.2 Å². The predicted octanol–water partition coefficient (Wildman–Crippen LogP) is 2.97. The van der Waals surface area contributed by atoms with Crippen LogP contribution in [-0.2, 0) is 15.8 Å². The molecule has 2 aliphatic carbocycles. The van der Waals surface area contributed by atoms with Gasteiger partial charge in [-0.1, -0.05) is 42.0 Å². The lowest BCUT2D eigenvalue weighted by Crippen LogP contribution is -2.32. The van der Waals surface area contributed by atoms with Crippen LogP contribution in [-0.4, -0.2) is 15.0 Å². The summed E-state index contributed by atoms with van der Waals surface area (Å²) in [5.41, 5.74) is 0.648. The minimum atomic E-state index is -3.32. The minimum Gasteiger partial charge on any atom is -0.215 e. The molecule has 3 unspecified atom stereocenters. The first-order valence-electron chi connectivity index (χ1n) is 6.92. The molecule has 0 radical (unpaired) electrons. The summed E-state index contributed by atoms with van der Waals surface area (Å²) in [6.07, 6.45) is 6.80. The third-order valence-corrected chi connectivity index (χ3v) is 5.95. The van der Waals surface area contributed by atoms with E-state index in [2.05, 4.69) is 16.9 Å². The van der Waals surface area contributed by atoms with E-state index >= 15 is 0 Å². The first kappa shape index (κ1) is 14.1. The minimum absolute atomic E-state index is 0.0523. The molecule has 108 valence electrons. The van der Waals surface area contributed by atoms with E-state index in [0.717, 1.165) is 6.42 Å². The second-order valence-electron chi connectivity index (χ2n) is 5.74. The zero-order valence-electron chi connectivity index (χ0n) is 11.1. The summed E-state index contributed by atoms with van der Waals surface area (Å²) in [4.78, 5) is 0. The zero-order valence-corrected chi connectivity index (χ0v) is 12.7. The first-order chi connectivity index (χ1) is 9.53. The third kappa shape index (κ3) is 3.08. The summed E-state index contributed by atoms with van der Waals surface area (Å²) in [6, 6.07) is 7.07. The van der Waals surface area contributed by atoms with Crippen LogP contribution in [0.1, 0.15) is 18.4 Å². The number of nitrogens with one attached hydrogen (secondary N) is 1. The molecular weight excluding hydrogens is 294 g/mol. The van der Waals surface area contributed by atoms with Gasteiger partial charge < -0.3 is 0 Å². The van der Waals surface area contributed by atoms with Crippen LogP contribution in [0.2, 0.25) is 5.02 Å². The van der Waals surface area contributed by atoms with Gasteiger partial charge in [-0.05, 0) is 42.2 Å². The van der Waals surface area contributed by atoms with Gasteiger partial charge in [-0.15, -0.1) is 0 Å². The zero-order chi connectivity index (χ0) is 14.2. The van der Waals surface area contributed by atoms with Gasteiger partial charge in [0.1, 0.15) is 0 Å². The smallest absolute Gasteiger partial charge is 0.215 e. The summed E-state index contributed by atoms with van der Waals surface area (Å²) in [6.45, 7) is 0.540. The van der Waals surface area contributed by atoms with Crippen molar-refractivity contribution in [2.75, 3.05) is 6.54 Å². The number of benzene rings is 1. The van der Waals surface area contributed by atoms with Crippen LogP contribution < -0.4 is 4.72 Å². The van der Waals surface area contributed by atoms with Gasteiger partial charge in [-0.2, -0.15) is 0 Å². The molecule has 0 aliphatic heterocycles. The Morgan fingerprint density at radius 3 is 2.65 bits per heavy atom. The molecule has 3 rings (SSSR count). The lowest BCUT2D eigenvalue weighted by molar-refractivity contribution is 0.440. The molecule has 0 saturated heterocycles. The van der Waals surface area contributed by atoms with Crippen molar-refractivity contribution < 1.29 is 8.42 Å². The van der Waals surface area contributed by atoms with Crippen molar-refractivity contribution >= 4 is 21.6 Å². The molecule has 2 aliphatic rings. The Labute approximate surface area is 125 Å². The molecule has 1 aromatic carbocycles. The molecule has 0 amide bonds. The van der Waals surface area contributed by atoms with Crippen LogP contribution in [0, 0.1) is 17.8 Å². The van der Waals surface area contributed by atoms with Crippen LogP contribution in [0.3, 0.4) is 0 Å². The molecule has 1 aromatic rings. The average Bonchev–Trinajstić information content (AvgIpc) is 3.01. The molecular formula is C15H18ClNO2S. The number of halogens is 1. The van der Waals surface area contributed by atoms with Gasteiger partial charge in [0, 0.05) is 11.6 Å². The fourth-order valence-electron chi connectivity index (χ4n) is 3.23. The highest BCUT2D eigenvalue weighted by Gasteiger charge is 2.35. The molecule has 20 heavy (non-hydrogen) atoms. The maximum absolute atomic E-state index is 12.1. The molecule has 5 heteroatoms. The van der Waals surface area contributed by atoms with Gasteiger partial charge in [0.15, 0.2) is 0 Å². The fourth-order valence-corrected chi connectivity index (χ4v) is 4.75. The van der Waals surface area contributed by atoms with Crippen LogP contribution >= 0.6 is 11.6 Å². The molecule has 0 aromatic heterocycles. The lowest BCUT2D eigenvalue weighted by Gasteiger charge is -2.18. The van der Waals surface area contributed by atoms with Gasteiger partial charge in [0.05, 0.1) is 5.75 Å². The second-order valence-corrected chi connectivity index (χ2v) is 7.95. The van der Waals surface area contributed by atoms with Crippen LogP contribution in [0.25, 0.3) is 0 Å². The number of rotatable bonds is 5. The Kier molecular flexibility index (Phi) is 3.89. The number of sulfonamides is 1. The Morgan fingerprint density at radius 1 is 1.20 bits per heavy atom. The number of hydrogen-bond donors (Lipinski definition) is 1. The highest BCUT2D eigenvalue weighted by atomic mass is 35.5. The predicted molar refractivity (Wildman–Crippen MR) is 80.9 cm³/mol. The van der Waals surface area contributed by atoms with Crippen molar-refractivity contribution in [3.05, 3.63) is 47.0 Å². The number of allylic oxidation sites excluding steroid dienone is 2. The van der Waals surface area contributed by atoms with E-state index in [4.69, 9.17) is 11.6 Å². The number of fused-ring (bicyclic) bond motifs is 2. The lowest BCUT2D eigenvalue weighted by atomic mass is 9.94. The average molecular weight is 312 g/mol. The summed E-state index contributed by atoms with van der Waals surface area (Å²) < 4.78 is 27.0. The molecule has 0 heterocycles. The van der Waals surface area contributed by atoms with Crippen LogP contribution in [0.15, 0.2) is 36.4 Å². The van der Waals surface area contributed by atoms with Crippen molar-refractivity contribution in [1.29, 1.82) is 0 Å². The van der Waals surface area contributed by atoms with Crippen LogP contribution in [0.5, 0.6) is 0 Å². The van der Waals surface area contributed by atoms with Gasteiger partial charge >= 0.3 is 0 Å². The van der Waals surface area contributed by atoms with Gasteiger partial charge in [0.2, 0.25) is 10.0 Å². The Hall–Kier alpha value is -0.840. The Balaban J connectivity index is 1.59. The van der Waals surface area contributed by atoms with Crippen molar-refractivity contribution in [2.45, 2.75) is 18.6 Å². The molecule has 1 fully saturated rings. The van der Waals surface area contributed by atoms with Gasteiger partial charge in [0.25, 0.3) is 0 Å². The monoisotopic (exact) mass is 311 g/mol. The van der Waals surface area contributed by atoms with E-state index in [1.54, 1.807) is 24.3 Å². The first-order valence-corrected chi connectivity index (χ1v) is 8.95. The summed E-state index contributed by atoms with van der Waals surface area (Å²) in [5.74, 6) is 1.62. The normalized spacial score (nSPS) is 28.1. The Bertz CT molecular complexity index is 627. The quantitative estimate of drug-likeness (QED) is 0.850. The highest BCUT2D eigenvalue weighted by molar-refractivity contribution is 7.88. The van der Waals surface area contributed by atoms with Crippen molar-refractivity contribution in [3.63, 3.8) is 0 Å². The van der Waals surface area contributed by atoms with Crippen molar-refractivity contribution in [2.24, 2.45) is 17.8 Å². The largest absolute Gasteiger partial charge is 0.215 e. The molecule has 3 atom stereocenters. The van der Waals surface area contributed by atoms with Crippen molar-refractivity contribution in [3.8, 4) is 0 Å². The standard InChI is InChI=1S/C15H18ClNO2S/c16-15-4-2-1-3-13(15)10-20(18,19)17-9-14-8-11-5-6-12(14)7-11/h1-6,11-12,14,17H,7-10H2. The fraction of sp³-hybridized carbons (Fsp3) is 0.467. The molecule has 0 spiro atoms. The maximum Gasteiger partial charge on any atom is 0.215 e. The summed E-state index contributed by atoms with van der Waals surface area (Å²) >= 11 is 6.01. The SMILES string of the molecule is O=S(=O)(Cc1ccccc1Cl)NCC1CC2C=CC1C2. The second kappa shape index (κ2) is 5.51. The van der Waals surface area contributed by atoms with E-state index in [9.17, 15) is 8.42 Å². The number of hydrogen-bond acceptors (Lipinski definition) is 2. The molecule has 1 saturated carbocycles.